The Morgan fingerprint density at radius 2 is 1.68 bits per heavy atom. The molecule has 13 heteroatoms. The largest absolute Gasteiger partial charge is 0.495 e. The highest BCUT2D eigenvalue weighted by Gasteiger charge is 2.28. The third kappa shape index (κ3) is 5.73. The molecule has 34 heavy (non-hydrogen) atoms. The molecule has 1 saturated heterocycles. The first-order valence-electron chi connectivity index (χ1n) is 10.3. The summed E-state index contributed by atoms with van der Waals surface area (Å²) in [6.45, 7) is 1.53. The SMILES string of the molecule is COc1ccc(F)cc1S(=O)(=O)N(C)CC(=O)Nc1ccc(S(=O)(=O)N2CCN(C)CC2)cc1. The van der Waals surface area contributed by atoms with E-state index in [-0.39, 0.29) is 10.6 Å². The van der Waals surface area contributed by atoms with Crippen LogP contribution in [-0.2, 0) is 24.8 Å². The molecule has 0 spiro atoms. The van der Waals surface area contributed by atoms with Crippen LogP contribution in [0.25, 0.3) is 0 Å². The van der Waals surface area contributed by atoms with E-state index in [9.17, 15) is 26.0 Å². The number of benzene rings is 2. The van der Waals surface area contributed by atoms with Crippen LogP contribution in [0.4, 0.5) is 10.1 Å². The number of hydrogen-bond acceptors (Lipinski definition) is 7. The van der Waals surface area contributed by atoms with Gasteiger partial charge in [-0.15, -0.1) is 0 Å². The fraction of sp³-hybridized carbons (Fsp3) is 0.381. The lowest BCUT2D eigenvalue weighted by Crippen LogP contribution is -2.46. The summed E-state index contributed by atoms with van der Waals surface area (Å²) in [5, 5.41) is 2.53. The first-order valence-corrected chi connectivity index (χ1v) is 13.2. The van der Waals surface area contributed by atoms with Crippen molar-refractivity contribution in [1.82, 2.24) is 13.5 Å². The molecule has 3 rings (SSSR count). The maximum Gasteiger partial charge on any atom is 0.247 e. The second kappa shape index (κ2) is 10.4. The molecule has 0 unspecified atom stereocenters. The Labute approximate surface area is 199 Å². The molecule has 2 aromatic rings. The summed E-state index contributed by atoms with van der Waals surface area (Å²) in [6, 6.07) is 8.73. The van der Waals surface area contributed by atoms with Gasteiger partial charge >= 0.3 is 0 Å². The third-order valence-corrected chi connectivity index (χ3v) is 9.16. The van der Waals surface area contributed by atoms with E-state index >= 15 is 0 Å². The molecule has 1 aliphatic heterocycles. The Balaban J connectivity index is 1.66. The normalized spacial score (nSPS) is 15.9. The Bertz CT molecular complexity index is 1240. The first kappa shape index (κ1) is 26.0. The number of carbonyl (C=O) groups excluding carboxylic acids is 1. The van der Waals surface area contributed by atoms with Crippen LogP contribution in [0.3, 0.4) is 0 Å². The van der Waals surface area contributed by atoms with Crippen LogP contribution in [0.1, 0.15) is 0 Å². The summed E-state index contributed by atoms with van der Waals surface area (Å²) in [7, 11) is -3.49. The van der Waals surface area contributed by atoms with Crippen molar-refractivity contribution < 1.29 is 30.8 Å². The van der Waals surface area contributed by atoms with Crippen molar-refractivity contribution in [2.24, 2.45) is 0 Å². The summed E-state index contributed by atoms with van der Waals surface area (Å²) >= 11 is 0. The van der Waals surface area contributed by atoms with Crippen LogP contribution in [-0.4, -0.2) is 90.2 Å². The Kier molecular flexibility index (Phi) is 7.93. The molecule has 1 aliphatic rings. The van der Waals surface area contributed by atoms with Crippen LogP contribution in [0, 0.1) is 5.82 Å². The number of methoxy groups -OCH3 is 1. The number of halogens is 1. The van der Waals surface area contributed by atoms with E-state index < -0.39 is 43.2 Å². The highest BCUT2D eigenvalue weighted by molar-refractivity contribution is 7.89. The quantitative estimate of drug-likeness (QED) is 0.559. The van der Waals surface area contributed by atoms with Crippen LogP contribution in [0.2, 0.25) is 0 Å². The van der Waals surface area contributed by atoms with E-state index in [0.29, 0.717) is 31.9 Å². The molecular formula is C21H27FN4O6S2. The highest BCUT2D eigenvalue weighted by atomic mass is 32.2. The average Bonchev–Trinajstić information content (AvgIpc) is 2.79. The van der Waals surface area contributed by atoms with Gasteiger partial charge in [-0.3, -0.25) is 4.79 Å². The number of ether oxygens (including phenoxy) is 1. The molecule has 1 fully saturated rings. The van der Waals surface area contributed by atoms with Crippen LogP contribution < -0.4 is 10.1 Å². The lowest BCUT2D eigenvalue weighted by Gasteiger charge is -2.31. The van der Waals surface area contributed by atoms with E-state index in [4.69, 9.17) is 4.74 Å². The Hall–Kier alpha value is -2.58. The van der Waals surface area contributed by atoms with Crippen molar-refractivity contribution in [1.29, 1.82) is 0 Å². The van der Waals surface area contributed by atoms with E-state index in [0.717, 1.165) is 16.4 Å². The van der Waals surface area contributed by atoms with Crippen LogP contribution in [0.15, 0.2) is 52.3 Å². The van der Waals surface area contributed by atoms with Crippen molar-refractivity contribution in [3.63, 3.8) is 0 Å². The van der Waals surface area contributed by atoms with Crippen molar-refractivity contribution in [3.05, 3.63) is 48.3 Å². The van der Waals surface area contributed by atoms with Gasteiger partial charge in [0.05, 0.1) is 18.6 Å². The third-order valence-electron chi connectivity index (χ3n) is 5.42. The number of anilines is 1. The summed E-state index contributed by atoms with van der Waals surface area (Å²) in [6.07, 6.45) is 0. The number of hydrogen-bond donors (Lipinski definition) is 1. The molecular weight excluding hydrogens is 487 g/mol. The molecule has 0 saturated carbocycles. The van der Waals surface area contributed by atoms with Crippen LogP contribution in [0.5, 0.6) is 5.75 Å². The molecule has 1 amide bonds. The minimum absolute atomic E-state index is 0.0502. The summed E-state index contributed by atoms with van der Waals surface area (Å²) in [5.74, 6) is -1.47. The van der Waals surface area contributed by atoms with Gasteiger partial charge in [-0.05, 0) is 49.5 Å². The second-order valence-corrected chi connectivity index (χ2v) is 11.8. The van der Waals surface area contributed by atoms with Gasteiger partial charge in [-0.1, -0.05) is 0 Å². The number of nitrogens with zero attached hydrogens (tertiary/aromatic N) is 3. The predicted octanol–water partition coefficient (Wildman–Crippen LogP) is 1.03. The molecule has 0 atom stereocenters. The van der Waals surface area contributed by atoms with Gasteiger partial charge in [-0.2, -0.15) is 8.61 Å². The number of amides is 1. The van der Waals surface area contributed by atoms with Gasteiger partial charge in [0.25, 0.3) is 0 Å². The van der Waals surface area contributed by atoms with Crippen molar-refractivity contribution in [2.45, 2.75) is 9.79 Å². The van der Waals surface area contributed by atoms with Crippen LogP contribution >= 0.6 is 0 Å². The van der Waals surface area contributed by atoms with Gasteiger partial charge < -0.3 is 15.0 Å². The maximum absolute atomic E-state index is 13.6. The van der Waals surface area contributed by atoms with Crippen molar-refractivity contribution in [2.75, 3.05) is 59.2 Å². The zero-order valence-electron chi connectivity index (χ0n) is 19.1. The van der Waals surface area contributed by atoms with Gasteiger partial charge in [0.15, 0.2) is 0 Å². The number of piperazine rings is 1. The second-order valence-electron chi connectivity index (χ2n) is 7.84. The molecule has 186 valence electrons. The number of likely N-dealkylation sites (N-methyl/N-ethyl adjacent to an activating group) is 2. The minimum atomic E-state index is -4.21. The van der Waals surface area contributed by atoms with Gasteiger partial charge in [0, 0.05) is 38.9 Å². The first-order chi connectivity index (χ1) is 15.9. The van der Waals surface area contributed by atoms with Gasteiger partial charge in [0.2, 0.25) is 26.0 Å². The van der Waals surface area contributed by atoms with Crippen molar-refractivity contribution >= 4 is 31.6 Å². The topological polar surface area (TPSA) is 116 Å². The minimum Gasteiger partial charge on any atom is -0.495 e. The number of nitrogens with one attached hydrogen (secondary N) is 1. The lowest BCUT2D eigenvalue weighted by molar-refractivity contribution is -0.116. The molecule has 1 heterocycles. The maximum atomic E-state index is 13.6. The molecule has 0 bridgehead atoms. The average molecular weight is 515 g/mol. The standard InChI is InChI=1S/C21H27FN4O6S2/c1-24-10-12-26(13-11-24)33(28,29)18-7-5-17(6-8-18)23-21(27)15-25(2)34(30,31)20-14-16(22)4-9-19(20)32-3/h4-9,14H,10-13,15H2,1-3H3,(H,23,27). The van der Waals surface area contributed by atoms with Gasteiger partial charge in [-0.25, -0.2) is 21.2 Å². The molecule has 0 radical (unpaired) electrons. The zero-order valence-corrected chi connectivity index (χ0v) is 20.7. The Morgan fingerprint density at radius 1 is 1.06 bits per heavy atom. The van der Waals surface area contributed by atoms with E-state index in [1.807, 2.05) is 11.9 Å². The van der Waals surface area contributed by atoms with E-state index in [2.05, 4.69) is 5.32 Å². The smallest absolute Gasteiger partial charge is 0.247 e. The summed E-state index contributed by atoms with van der Waals surface area (Å²) < 4.78 is 72.0. The molecule has 0 aromatic heterocycles. The fourth-order valence-electron chi connectivity index (χ4n) is 3.40. The monoisotopic (exact) mass is 514 g/mol. The summed E-state index contributed by atoms with van der Waals surface area (Å²) in [5.41, 5.74) is 0.302. The number of sulfonamides is 2. The van der Waals surface area contributed by atoms with E-state index in [1.165, 1.54) is 48.8 Å². The summed E-state index contributed by atoms with van der Waals surface area (Å²) in [4.78, 5) is 14.2. The number of carbonyl (C=O) groups is 1. The fourth-order valence-corrected chi connectivity index (χ4v) is 6.11. The van der Waals surface area contributed by atoms with E-state index in [1.54, 1.807) is 0 Å². The number of rotatable bonds is 8. The predicted molar refractivity (Wildman–Crippen MR) is 124 cm³/mol. The molecule has 10 nitrogen and oxygen atoms in total. The Morgan fingerprint density at radius 3 is 2.26 bits per heavy atom. The van der Waals surface area contributed by atoms with Crippen molar-refractivity contribution in [3.8, 4) is 5.75 Å². The lowest BCUT2D eigenvalue weighted by atomic mass is 10.3. The molecule has 0 aliphatic carbocycles. The molecule has 2 aromatic carbocycles. The van der Waals surface area contributed by atoms with Gasteiger partial charge in [0.1, 0.15) is 16.5 Å². The molecule has 1 N–H and O–H groups in total. The zero-order chi connectivity index (χ0) is 25.1. The highest BCUT2D eigenvalue weighted by Crippen LogP contribution is 2.27.